The second-order valence-corrected chi connectivity index (χ2v) is 7.18. The lowest BCUT2D eigenvalue weighted by molar-refractivity contribution is 0.401. The molecule has 0 saturated carbocycles. The number of para-hydroxylation sites is 3. The number of hydrogen-bond donors (Lipinski definition) is 1. The third kappa shape index (κ3) is 3.87. The van der Waals surface area contributed by atoms with E-state index in [-0.39, 0.29) is 16.4 Å². The van der Waals surface area contributed by atoms with Gasteiger partial charge in [-0.05, 0) is 49.2 Å². The molecule has 0 aromatic heterocycles. The molecule has 0 fully saturated rings. The first-order valence-corrected chi connectivity index (χ1v) is 9.38. The number of benzene rings is 3. The van der Waals surface area contributed by atoms with Crippen LogP contribution in [0, 0.1) is 13.8 Å². The predicted molar refractivity (Wildman–Crippen MR) is 98.8 cm³/mol. The molecule has 0 atom stereocenters. The van der Waals surface area contributed by atoms with Crippen molar-refractivity contribution in [2.75, 3.05) is 0 Å². The topological polar surface area (TPSA) is 72.8 Å². The van der Waals surface area contributed by atoms with Crippen molar-refractivity contribution in [2.45, 2.75) is 18.7 Å². The molecule has 0 amide bonds. The summed E-state index contributed by atoms with van der Waals surface area (Å²) < 4.78 is 45.0. The molecule has 0 aliphatic heterocycles. The first-order valence-electron chi connectivity index (χ1n) is 7.94. The van der Waals surface area contributed by atoms with Crippen LogP contribution in [0.2, 0.25) is 0 Å². The predicted octanol–water partition coefficient (Wildman–Crippen LogP) is 5.13. The van der Waals surface area contributed by atoms with Crippen LogP contribution in [0.4, 0.5) is 0 Å². The minimum absolute atomic E-state index is 0.0625. The van der Waals surface area contributed by atoms with Crippen molar-refractivity contribution in [3.63, 3.8) is 0 Å². The van der Waals surface area contributed by atoms with Crippen LogP contribution in [-0.2, 0) is 10.1 Å². The summed E-state index contributed by atoms with van der Waals surface area (Å²) in [6.07, 6.45) is 0. The highest BCUT2D eigenvalue weighted by atomic mass is 32.2. The van der Waals surface area contributed by atoms with Crippen molar-refractivity contribution < 1.29 is 22.4 Å². The molecule has 3 aromatic carbocycles. The number of rotatable bonds is 5. The van der Waals surface area contributed by atoms with Crippen LogP contribution in [0.5, 0.6) is 23.0 Å². The van der Waals surface area contributed by atoms with Crippen LogP contribution >= 0.6 is 0 Å². The molecule has 0 aliphatic rings. The van der Waals surface area contributed by atoms with Crippen LogP contribution in [0.1, 0.15) is 11.1 Å². The molecule has 0 aliphatic carbocycles. The number of hydrogen-bond acceptors (Lipinski definition) is 4. The van der Waals surface area contributed by atoms with Crippen LogP contribution in [-0.4, -0.2) is 13.0 Å². The van der Waals surface area contributed by atoms with Gasteiger partial charge in [-0.1, -0.05) is 42.5 Å². The van der Waals surface area contributed by atoms with Crippen LogP contribution < -0.4 is 9.47 Å². The molecule has 0 radical (unpaired) electrons. The van der Waals surface area contributed by atoms with Gasteiger partial charge in [-0.2, -0.15) is 8.42 Å². The van der Waals surface area contributed by atoms with Gasteiger partial charge in [0.1, 0.15) is 16.4 Å². The van der Waals surface area contributed by atoms with Crippen molar-refractivity contribution in [3.8, 4) is 23.0 Å². The third-order valence-corrected chi connectivity index (χ3v) is 4.72. The van der Waals surface area contributed by atoms with E-state index in [1.807, 2.05) is 44.2 Å². The van der Waals surface area contributed by atoms with Gasteiger partial charge < -0.3 is 9.47 Å². The molecule has 0 unspecified atom stereocenters. The maximum atomic E-state index is 11.8. The van der Waals surface area contributed by atoms with Crippen LogP contribution in [0.25, 0.3) is 0 Å². The first-order chi connectivity index (χ1) is 12.4. The molecule has 1 N–H and O–H groups in total. The average molecular weight is 370 g/mol. The molecule has 3 rings (SSSR count). The Balaban J connectivity index is 2.13. The molecule has 134 valence electrons. The van der Waals surface area contributed by atoms with E-state index in [0.29, 0.717) is 11.5 Å². The summed E-state index contributed by atoms with van der Waals surface area (Å²) in [6.45, 7) is 3.72. The van der Waals surface area contributed by atoms with E-state index in [1.54, 1.807) is 24.3 Å². The second kappa shape index (κ2) is 7.19. The van der Waals surface area contributed by atoms with Crippen molar-refractivity contribution >= 4 is 10.1 Å². The first kappa shape index (κ1) is 18.0. The Morgan fingerprint density at radius 3 is 1.73 bits per heavy atom. The molecule has 26 heavy (non-hydrogen) atoms. The largest absolute Gasteiger partial charge is 0.453 e. The quantitative estimate of drug-likeness (QED) is 0.630. The van der Waals surface area contributed by atoms with Gasteiger partial charge in [-0.3, -0.25) is 4.55 Å². The molecule has 0 bridgehead atoms. The summed E-state index contributed by atoms with van der Waals surface area (Å²) in [6, 6.07) is 18.9. The SMILES string of the molecule is Cc1ccccc1Oc1cccc(S(=O)(=O)O)c1Oc1ccccc1C. The van der Waals surface area contributed by atoms with Gasteiger partial charge in [0.2, 0.25) is 0 Å². The van der Waals surface area contributed by atoms with E-state index in [0.717, 1.165) is 11.1 Å². The maximum absolute atomic E-state index is 11.8. The lowest BCUT2D eigenvalue weighted by Gasteiger charge is -2.16. The maximum Gasteiger partial charge on any atom is 0.298 e. The summed E-state index contributed by atoms with van der Waals surface area (Å²) in [5.74, 6) is 1.16. The highest BCUT2D eigenvalue weighted by molar-refractivity contribution is 7.86. The Morgan fingerprint density at radius 2 is 1.19 bits per heavy atom. The molecule has 0 spiro atoms. The second-order valence-electron chi connectivity index (χ2n) is 5.79. The van der Waals surface area contributed by atoms with Crippen molar-refractivity contribution in [1.82, 2.24) is 0 Å². The van der Waals surface area contributed by atoms with Crippen molar-refractivity contribution in [1.29, 1.82) is 0 Å². The van der Waals surface area contributed by atoms with Gasteiger partial charge in [-0.15, -0.1) is 0 Å². The van der Waals surface area contributed by atoms with Gasteiger partial charge in [0.15, 0.2) is 11.5 Å². The summed E-state index contributed by atoms with van der Waals surface area (Å²) >= 11 is 0. The van der Waals surface area contributed by atoms with E-state index in [1.165, 1.54) is 12.1 Å². The van der Waals surface area contributed by atoms with E-state index in [4.69, 9.17) is 9.47 Å². The summed E-state index contributed by atoms with van der Waals surface area (Å²) in [5, 5.41) is 0. The fourth-order valence-electron chi connectivity index (χ4n) is 2.45. The van der Waals surface area contributed by atoms with Gasteiger partial charge in [0, 0.05) is 0 Å². The zero-order valence-corrected chi connectivity index (χ0v) is 15.2. The van der Waals surface area contributed by atoms with E-state index in [2.05, 4.69) is 0 Å². The molecule has 0 heterocycles. The molecular weight excluding hydrogens is 352 g/mol. The van der Waals surface area contributed by atoms with Gasteiger partial charge in [0.05, 0.1) is 0 Å². The summed E-state index contributed by atoms with van der Waals surface area (Å²) in [4.78, 5) is -0.355. The number of ether oxygens (including phenoxy) is 2. The van der Waals surface area contributed by atoms with E-state index >= 15 is 0 Å². The molecule has 0 saturated heterocycles. The third-order valence-electron chi connectivity index (χ3n) is 3.84. The lowest BCUT2D eigenvalue weighted by Crippen LogP contribution is -2.03. The van der Waals surface area contributed by atoms with Gasteiger partial charge in [0.25, 0.3) is 10.1 Å². The zero-order chi connectivity index (χ0) is 18.7. The lowest BCUT2D eigenvalue weighted by atomic mass is 10.2. The molecular formula is C20H18O5S. The normalized spacial score (nSPS) is 11.2. The standard InChI is InChI=1S/C20H18O5S/c1-14-8-3-5-10-16(14)24-18-12-7-13-19(26(21,22)23)20(18)25-17-11-6-4-9-15(17)2/h3-13H,1-2H3,(H,21,22,23). The molecule has 5 nitrogen and oxygen atoms in total. The summed E-state index contributed by atoms with van der Waals surface area (Å²) in [7, 11) is -4.50. The molecule has 3 aromatic rings. The van der Waals surface area contributed by atoms with Gasteiger partial charge in [-0.25, -0.2) is 0 Å². The van der Waals surface area contributed by atoms with Crippen LogP contribution in [0.15, 0.2) is 71.6 Å². The van der Waals surface area contributed by atoms with Crippen LogP contribution in [0.3, 0.4) is 0 Å². The van der Waals surface area contributed by atoms with E-state index < -0.39 is 10.1 Å². The fraction of sp³-hybridized carbons (Fsp3) is 0.100. The smallest absolute Gasteiger partial charge is 0.298 e. The number of aryl methyl sites for hydroxylation is 2. The van der Waals surface area contributed by atoms with E-state index in [9.17, 15) is 13.0 Å². The minimum atomic E-state index is -4.50. The monoisotopic (exact) mass is 370 g/mol. The highest BCUT2D eigenvalue weighted by Gasteiger charge is 2.22. The Morgan fingerprint density at radius 1 is 0.692 bits per heavy atom. The highest BCUT2D eigenvalue weighted by Crippen LogP contribution is 2.41. The van der Waals surface area contributed by atoms with Gasteiger partial charge >= 0.3 is 0 Å². The van der Waals surface area contributed by atoms with Crippen molar-refractivity contribution in [3.05, 3.63) is 77.9 Å². The zero-order valence-electron chi connectivity index (χ0n) is 14.3. The summed E-state index contributed by atoms with van der Waals surface area (Å²) in [5.41, 5.74) is 1.70. The average Bonchev–Trinajstić information content (AvgIpc) is 2.59. The Kier molecular flexibility index (Phi) is 4.97. The Bertz CT molecular complexity index is 1040. The van der Waals surface area contributed by atoms with Crippen molar-refractivity contribution in [2.24, 2.45) is 0 Å². The Labute approximate surface area is 152 Å². The molecule has 6 heteroatoms. The fourth-order valence-corrected chi connectivity index (χ4v) is 3.08. The Hall–Kier alpha value is -2.83. The minimum Gasteiger partial charge on any atom is -0.453 e.